The van der Waals surface area contributed by atoms with Crippen molar-refractivity contribution in [2.24, 2.45) is 0 Å². The Balaban J connectivity index is 1.53. The van der Waals surface area contributed by atoms with Crippen molar-refractivity contribution >= 4 is 22.5 Å². The third kappa shape index (κ3) is 3.01. The number of carbonyl (C=O) groups excluding carboxylic acids is 1. The lowest BCUT2D eigenvalue weighted by atomic mass is 10.2. The van der Waals surface area contributed by atoms with Gasteiger partial charge in [0.2, 0.25) is 5.91 Å². The van der Waals surface area contributed by atoms with E-state index in [4.69, 9.17) is 9.47 Å². The molecule has 4 rings (SSSR count). The molecule has 1 aliphatic heterocycles. The fraction of sp³-hybridized carbons (Fsp3) is 0.176. The van der Waals surface area contributed by atoms with Gasteiger partial charge in [0.15, 0.2) is 11.5 Å². The van der Waals surface area contributed by atoms with Crippen molar-refractivity contribution in [3.63, 3.8) is 0 Å². The molecule has 0 aliphatic carbocycles. The summed E-state index contributed by atoms with van der Waals surface area (Å²) >= 11 is 0. The minimum atomic E-state index is -0.386. The number of amides is 1. The first-order valence-corrected chi connectivity index (χ1v) is 7.73. The average Bonchev–Trinajstić information content (AvgIpc) is 2.64. The van der Waals surface area contributed by atoms with Gasteiger partial charge in [-0.15, -0.1) is 5.10 Å². The van der Waals surface area contributed by atoms with Gasteiger partial charge in [0.1, 0.15) is 25.3 Å². The van der Waals surface area contributed by atoms with Crippen LogP contribution in [0.2, 0.25) is 0 Å². The first-order valence-electron chi connectivity index (χ1n) is 7.73. The quantitative estimate of drug-likeness (QED) is 0.771. The van der Waals surface area contributed by atoms with Crippen molar-refractivity contribution in [3.05, 3.63) is 52.8 Å². The number of benzene rings is 2. The van der Waals surface area contributed by atoms with Crippen LogP contribution >= 0.6 is 0 Å². The number of aromatic nitrogens is 3. The van der Waals surface area contributed by atoms with Gasteiger partial charge in [0.25, 0.3) is 5.56 Å². The molecular formula is C17H14N4O4. The topological polar surface area (TPSA) is 95.3 Å². The summed E-state index contributed by atoms with van der Waals surface area (Å²) in [7, 11) is 0. The lowest BCUT2D eigenvalue weighted by Crippen LogP contribution is -2.30. The number of hydrogen-bond acceptors (Lipinski definition) is 6. The van der Waals surface area contributed by atoms with E-state index in [0.29, 0.717) is 41.3 Å². The van der Waals surface area contributed by atoms with Crippen LogP contribution in [0.25, 0.3) is 10.9 Å². The normalized spacial score (nSPS) is 12.8. The Morgan fingerprint density at radius 2 is 1.92 bits per heavy atom. The molecular weight excluding hydrogens is 324 g/mol. The number of fused-ring (bicyclic) bond motifs is 2. The van der Waals surface area contributed by atoms with Crippen LogP contribution < -0.4 is 20.3 Å². The molecule has 0 saturated heterocycles. The summed E-state index contributed by atoms with van der Waals surface area (Å²) in [6.45, 7) is 0.736. The van der Waals surface area contributed by atoms with E-state index in [0.717, 1.165) is 4.68 Å². The standard InChI is InChI=1S/C17H14N4O4/c22-16(18-11-5-6-14-15(9-11)25-8-7-24-14)10-21-17(23)12-3-1-2-4-13(12)19-20-21/h1-6,9H,7-8,10H2,(H,18,22). The van der Waals surface area contributed by atoms with Gasteiger partial charge >= 0.3 is 0 Å². The summed E-state index contributed by atoms with van der Waals surface area (Å²) < 4.78 is 11.9. The van der Waals surface area contributed by atoms with Gasteiger partial charge in [0.05, 0.1) is 5.39 Å². The van der Waals surface area contributed by atoms with E-state index in [-0.39, 0.29) is 18.0 Å². The maximum absolute atomic E-state index is 12.4. The van der Waals surface area contributed by atoms with E-state index in [1.54, 1.807) is 42.5 Å². The van der Waals surface area contributed by atoms with Crippen LogP contribution in [0.1, 0.15) is 0 Å². The van der Waals surface area contributed by atoms with Crippen molar-refractivity contribution in [1.82, 2.24) is 15.0 Å². The van der Waals surface area contributed by atoms with Gasteiger partial charge in [-0.25, -0.2) is 4.68 Å². The van der Waals surface area contributed by atoms with Crippen molar-refractivity contribution in [1.29, 1.82) is 0 Å². The fourth-order valence-electron chi connectivity index (χ4n) is 2.58. The highest BCUT2D eigenvalue weighted by atomic mass is 16.6. The van der Waals surface area contributed by atoms with Gasteiger partial charge in [-0.3, -0.25) is 9.59 Å². The Kier molecular flexibility index (Phi) is 3.77. The summed E-state index contributed by atoms with van der Waals surface area (Å²) in [4.78, 5) is 24.6. The number of ether oxygens (including phenoxy) is 2. The Morgan fingerprint density at radius 1 is 1.12 bits per heavy atom. The van der Waals surface area contributed by atoms with Gasteiger partial charge in [-0.2, -0.15) is 0 Å². The molecule has 1 N–H and O–H groups in total. The third-order valence-corrected chi connectivity index (χ3v) is 3.75. The van der Waals surface area contributed by atoms with Gasteiger partial charge < -0.3 is 14.8 Å². The Bertz CT molecular complexity index is 1010. The summed E-state index contributed by atoms with van der Waals surface area (Å²) in [5.74, 6) is 0.830. The SMILES string of the molecule is O=C(Cn1nnc2ccccc2c1=O)Nc1ccc2c(c1)OCCO2. The molecule has 0 radical (unpaired) electrons. The zero-order valence-corrected chi connectivity index (χ0v) is 13.1. The Labute approximate surface area is 142 Å². The molecule has 2 heterocycles. The highest BCUT2D eigenvalue weighted by Crippen LogP contribution is 2.32. The highest BCUT2D eigenvalue weighted by molar-refractivity contribution is 5.91. The van der Waals surface area contributed by atoms with Crippen molar-refractivity contribution in [2.75, 3.05) is 18.5 Å². The minimum absolute atomic E-state index is 0.231. The van der Waals surface area contributed by atoms with Crippen LogP contribution in [-0.4, -0.2) is 34.1 Å². The number of anilines is 1. The first kappa shape index (κ1) is 15.1. The molecule has 3 aromatic rings. The molecule has 0 fully saturated rings. The minimum Gasteiger partial charge on any atom is -0.486 e. The average molecular weight is 338 g/mol. The second-order valence-electron chi connectivity index (χ2n) is 5.48. The molecule has 126 valence electrons. The third-order valence-electron chi connectivity index (χ3n) is 3.75. The van der Waals surface area contributed by atoms with Crippen LogP contribution in [0.5, 0.6) is 11.5 Å². The molecule has 0 saturated carbocycles. The van der Waals surface area contributed by atoms with Crippen LogP contribution in [0, 0.1) is 0 Å². The lowest BCUT2D eigenvalue weighted by Gasteiger charge is -2.19. The number of carbonyl (C=O) groups is 1. The molecule has 25 heavy (non-hydrogen) atoms. The molecule has 0 atom stereocenters. The van der Waals surface area contributed by atoms with E-state index in [1.807, 2.05) is 0 Å². The van der Waals surface area contributed by atoms with Crippen molar-refractivity contribution in [3.8, 4) is 11.5 Å². The second-order valence-corrected chi connectivity index (χ2v) is 5.48. The van der Waals surface area contributed by atoms with Gasteiger partial charge in [-0.1, -0.05) is 17.3 Å². The van der Waals surface area contributed by atoms with Crippen LogP contribution in [-0.2, 0) is 11.3 Å². The summed E-state index contributed by atoms with van der Waals surface area (Å²) in [5, 5.41) is 10.9. The molecule has 0 unspecified atom stereocenters. The Morgan fingerprint density at radius 3 is 2.80 bits per heavy atom. The van der Waals surface area contributed by atoms with E-state index >= 15 is 0 Å². The molecule has 1 aliphatic rings. The van der Waals surface area contributed by atoms with E-state index < -0.39 is 0 Å². The summed E-state index contributed by atoms with van der Waals surface area (Å²) in [6, 6.07) is 12.0. The number of nitrogens with zero attached hydrogens (tertiary/aromatic N) is 3. The van der Waals surface area contributed by atoms with Crippen LogP contribution in [0.15, 0.2) is 47.3 Å². The van der Waals surface area contributed by atoms with E-state index in [2.05, 4.69) is 15.6 Å². The van der Waals surface area contributed by atoms with E-state index in [9.17, 15) is 9.59 Å². The number of hydrogen-bond donors (Lipinski definition) is 1. The number of nitrogens with one attached hydrogen (secondary N) is 1. The van der Waals surface area contributed by atoms with Crippen LogP contribution in [0.4, 0.5) is 5.69 Å². The zero-order valence-electron chi connectivity index (χ0n) is 13.1. The summed E-state index contributed by atoms with van der Waals surface area (Å²) in [6.07, 6.45) is 0. The Hall–Kier alpha value is -3.42. The predicted octanol–water partition coefficient (Wildman–Crippen LogP) is 1.20. The zero-order chi connectivity index (χ0) is 17.2. The predicted molar refractivity (Wildman–Crippen MR) is 89.9 cm³/mol. The number of rotatable bonds is 3. The maximum Gasteiger partial charge on any atom is 0.278 e. The maximum atomic E-state index is 12.4. The molecule has 1 aromatic heterocycles. The van der Waals surface area contributed by atoms with Gasteiger partial charge in [0, 0.05) is 11.8 Å². The largest absolute Gasteiger partial charge is 0.486 e. The molecule has 0 spiro atoms. The first-order chi connectivity index (χ1) is 12.2. The molecule has 2 aromatic carbocycles. The lowest BCUT2D eigenvalue weighted by molar-refractivity contribution is -0.117. The fourth-order valence-corrected chi connectivity index (χ4v) is 2.58. The highest BCUT2D eigenvalue weighted by Gasteiger charge is 2.14. The van der Waals surface area contributed by atoms with Crippen molar-refractivity contribution in [2.45, 2.75) is 6.54 Å². The molecule has 0 bridgehead atoms. The van der Waals surface area contributed by atoms with Crippen LogP contribution in [0.3, 0.4) is 0 Å². The monoisotopic (exact) mass is 338 g/mol. The molecule has 1 amide bonds. The smallest absolute Gasteiger partial charge is 0.278 e. The van der Waals surface area contributed by atoms with Crippen molar-refractivity contribution < 1.29 is 14.3 Å². The second kappa shape index (κ2) is 6.23. The molecule has 8 nitrogen and oxygen atoms in total. The summed E-state index contributed by atoms with van der Waals surface area (Å²) in [5.41, 5.74) is 0.690. The van der Waals surface area contributed by atoms with E-state index in [1.165, 1.54) is 0 Å². The van der Waals surface area contributed by atoms with Gasteiger partial charge in [-0.05, 0) is 24.3 Å². The molecule has 8 heteroatoms.